The molecule has 0 radical (unpaired) electrons. The third kappa shape index (κ3) is 3.66. The van der Waals surface area contributed by atoms with Crippen molar-refractivity contribution in [2.24, 2.45) is 5.92 Å². The molecule has 6 heteroatoms. The molecule has 3 heterocycles. The predicted octanol–water partition coefficient (Wildman–Crippen LogP) is 3.17. The Bertz CT molecular complexity index is 937. The van der Waals surface area contributed by atoms with Crippen molar-refractivity contribution in [1.82, 2.24) is 9.88 Å². The summed E-state index contributed by atoms with van der Waals surface area (Å²) >= 11 is 0. The number of methoxy groups -OCH3 is 1. The number of aromatic nitrogens is 1. The molecule has 2 aromatic heterocycles. The van der Waals surface area contributed by atoms with Gasteiger partial charge in [0.15, 0.2) is 0 Å². The van der Waals surface area contributed by atoms with Gasteiger partial charge in [-0.25, -0.2) is 4.98 Å². The molecule has 6 nitrogen and oxygen atoms in total. The molecule has 3 aromatic rings. The van der Waals surface area contributed by atoms with Crippen molar-refractivity contribution in [3.05, 3.63) is 60.0 Å². The monoisotopic (exact) mass is 366 g/mol. The molecule has 1 aliphatic rings. The van der Waals surface area contributed by atoms with Gasteiger partial charge in [0.05, 0.1) is 26.6 Å². The van der Waals surface area contributed by atoms with Crippen LogP contribution in [0, 0.1) is 5.92 Å². The number of furan rings is 1. The Morgan fingerprint density at radius 1 is 1.30 bits per heavy atom. The average Bonchev–Trinajstić information content (AvgIpc) is 3.07. The first kappa shape index (κ1) is 17.5. The molecule has 1 fully saturated rings. The Morgan fingerprint density at radius 2 is 2.22 bits per heavy atom. The number of carbonyl (C=O) groups excluding carboxylic acids is 1. The molecule has 0 saturated carbocycles. The smallest absolute Gasteiger partial charge is 0.259 e. The van der Waals surface area contributed by atoms with E-state index in [4.69, 9.17) is 13.9 Å². The van der Waals surface area contributed by atoms with Gasteiger partial charge >= 0.3 is 0 Å². The van der Waals surface area contributed by atoms with Gasteiger partial charge in [0.1, 0.15) is 11.1 Å². The third-order valence-corrected chi connectivity index (χ3v) is 4.91. The van der Waals surface area contributed by atoms with Crippen LogP contribution in [-0.4, -0.2) is 49.2 Å². The highest BCUT2D eigenvalue weighted by molar-refractivity contribution is 5.96. The van der Waals surface area contributed by atoms with Gasteiger partial charge < -0.3 is 18.8 Å². The Morgan fingerprint density at radius 3 is 3.11 bits per heavy atom. The van der Waals surface area contributed by atoms with Crippen LogP contribution in [-0.2, 0) is 11.2 Å². The fourth-order valence-corrected chi connectivity index (χ4v) is 3.62. The molecule has 1 atom stereocenters. The summed E-state index contributed by atoms with van der Waals surface area (Å²) in [5, 5.41) is 1.12. The Labute approximate surface area is 157 Å². The fourth-order valence-electron chi connectivity index (χ4n) is 3.62. The van der Waals surface area contributed by atoms with E-state index in [9.17, 15) is 4.79 Å². The van der Waals surface area contributed by atoms with Crippen LogP contribution < -0.4 is 4.74 Å². The normalized spacial score (nSPS) is 17.7. The standard InChI is InChI=1S/C21H22N2O4/c1-25-20-18(5-3-8-22-20)21(24)23-9-11-26-14-15(13-23)12-16-4-2-6-19-17(16)7-10-27-19/h2-8,10,15H,9,11-14H2,1H3/t15-/m0/s1. The summed E-state index contributed by atoms with van der Waals surface area (Å²) in [7, 11) is 1.53. The van der Waals surface area contributed by atoms with Crippen LogP contribution >= 0.6 is 0 Å². The minimum atomic E-state index is -0.0723. The van der Waals surface area contributed by atoms with Crippen LogP contribution in [0.4, 0.5) is 0 Å². The van der Waals surface area contributed by atoms with Gasteiger partial charge in [0, 0.05) is 30.6 Å². The van der Waals surface area contributed by atoms with Gasteiger partial charge in [-0.1, -0.05) is 12.1 Å². The van der Waals surface area contributed by atoms with Gasteiger partial charge in [-0.2, -0.15) is 0 Å². The second kappa shape index (κ2) is 7.80. The van der Waals surface area contributed by atoms with Crippen LogP contribution in [0.1, 0.15) is 15.9 Å². The van der Waals surface area contributed by atoms with E-state index in [1.807, 2.05) is 23.1 Å². The number of hydrogen-bond acceptors (Lipinski definition) is 5. The van der Waals surface area contributed by atoms with Crippen molar-refractivity contribution in [3.8, 4) is 5.88 Å². The van der Waals surface area contributed by atoms with Crippen LogP contribution in [0.25, 0.3) is 11.0 Å². The largest absolute Gasteiger partial charge is 0.480 e. The Kier molecular flexibility index (Phi) is 5.07. The lowest BCUT2D eigenvalue weighted by molar-refractivity contribution is 0.0733. The summed E-state index contributed by atoms with van der Waals surface area (Å²) in [6.45, 7) is 2.34. The summed E-state index contributed by atoms with van der Waals surface area (Å²) in [5.41, 5.74) is 2.58. The zero-order chi connectivity index (χ0) is 18.6. The molecule has 4 rings (SSSR count). The van der Waals surface area contributed by atoms with Gasteiger partial charge in [-0.3, -0.25) is 4.79 Å². The van der Waals surface area contributed by atoms with Gasteiger partial charge in [0.25, 0.3) is 5.91 Å². The minimum Gasteiger partial charge on any atom is -0.480 e. The molecule has 140 valence electrons. The van der Waals surface area contributed by atoms with E-state index in [1.165, 1.54) is 12.7 Å². The fraction of sp³-hybridized carbons (Fsp3) is 0.333. The van der Waals surface area contributed by atoms with Crippen molar-refractivity contribution < 1.29 is 18.7 Å². The summed E-state index contributed by atoms with van der Waals surface area (Å²) in [4.78, 5) is 19.0. The number of nitrogens with zero attached hydrogens (tertiary/aromatic N) is 2. The number of benzene rings is 1. The average molecular weight is 366 g/mol. The zero-order valence-corrected chi connectivity index (χ0v) is 15.3. The summed E-state index contributed by atoms with van der Waals surface area (Å²) in [6, 6.07) is 11.6. The van der Waals surface area contributed by atoms with Crippen molar-refractivity contribution in [3.63, 3.8) is 0 Å². The van der Waals surface area contributed by atoms with E-state index in [2.05, 4.69) is 11.1 Å². The third-order valence-electron chi connectivity index (χ3n) is 4.91. The molecule has 0 spiro atoms. The Balaban J connectivity index is 1.54. The molecule has 1 amide bonds. The van der Waals surface area contributed by atoms with E-state index >= 15 is 0 Å². The van der Waals surface area contributed by atoms with Gasteiger partial charge in [-0.05, 0) is 36.2 Å². The quantitative estimate of drug-likeness (QED) is 0.710. The van der Waals surface area contributed by atoms with Gasteiger partial charge in [0.2, 0.25) is 5.88 Å². The molecule has 0 N–H and O–H groups in total. The van der Waals surface area contributed by atoms with Crippen LogP contribution in [0.15, 0.2) is 53.3 Å². The number of ether oxygens (including phenoxy) is 2. The Hall–Kier alpha value is -2.86. The first-order valence-electron chi connectivity index (χ1n) is 9.07. The second-order valence-electron chi connectivity index (χ2n) is 6.71. The highest BCUT2D eigenvalue weighted by Crippen LogP contribution is 2.24. The first-order chi connectivity index (χ1) is 13.3. The molecule has 0 bridgehead atoms. The lowest BCUT2D eigenvalue weighted by Crippen LogP contribution is -2.36. The number of carbonyl (C=O) groups is 1. The molecule has 0 aliphatic carbocycles. The molecule has 27 heavy (non-hydrogen) atoms. The van der Waals surface area contributed by atoms with E-state index in [-0.39, 0.29) is 11.8 Å². The van der Waals surface area contributed by atoms with Crippen molar-refractivity contribution >= 4 is 16.9 Å². The predicted molar refractivity (Wildman–Crippen MR) is 101 cm³/mol. The number of rotatable bonds is 4. The lowest BCUT2D eigenvalue weighted by Gasteiger charge is -2.24. The van der Waals surface area contributed by atoms with Gasteiger partial charge in [-0.15, -0.1) is 0 Å². The maximum atomic E-state index is 13.0. The number of amides is 1. The van der Waals surface area contributed by atoms with E-state index in [0.29, 0.717) is 37.7 Å². The van der Waals surface area contributed by atoms with E-state index in [1.54, 1.807) is 24.6 Å². The molecular formula is C21H22N2O4. The SMILES string of the molecule is COc1ncccc1C(=O)N1CCOC[C@@H](Cc2cccc3occc23)C1. The van der Waals surface area contributed by atoms with Crippen LogP contribution in [0.5, 0.6) is 5.88 Å². The number of pyridine rings is 1. The summed E-state index contributed by atoms with van der Waals surface area (Å²) < 4.78 is 16.5. The summed E-state index contributed by atoms with van der Waals surface area (Å²) in [5.74, 6) is 0.490. The minimum absolute atomic E-state index is 0.0723. The zero-order valence-electron chi connectivity index (χ0n) is 15.3. The van der Waals surface area contributed by atoms with Crippen molar-refractivity contribution in [2.45, 2.75) is 6.42 Å². The highest BCUT2D eigenvalue weighted by Gasteiger charge is 2.26. The molecule has 1 saturated heterocycles. The van der Waals surface area contributed by atoms with Crippen LogP contribution in [0.2, 0.25) is 0 Å². The van der Waals surface area contributed by atoms with Crippen molar-refractivity contribution in [2.75, 3.05) is 33.4 Å². The number of fused-ring (bicyclic) bond motifs is 1. The maximum absolute atomic E-state index is 13.0. The first-order valence-corrected chi connectivity index (χ1v) is 9.07. The lowest BCUT2D eigenvalue weighted by atomic mass is 9.97. The molecule has 1 aromatic carbocycles. The molecular weight excluding hydrogens is 344 g/mol. The number of hydrogen-bond donors (Lipinski definition) is 0. The maximum Gasteiger partial charge on any atom is 0.259 e. The second-order valence-corrected chi connectivity index (χ2v) is 6.71. The topological polar surface area (TPSA) is 64.8 Å². The van der Waals surface area contributed by atoms with Crippen molar-refractivity contribution in [1.29, 1.82) is 0 Å². The van der Waals surface area contributed by atoms with E-state index < -0.39 is 0 Å². The van der Waals surface area contributed by atoms with Crippen LogP contribution in [0.3, 0.4) is 0 Å². The van der Waals surface area contributed by atoms with E-state index in [0.717, 1.165) is 17.4 Å². The summed E-state index contributed by atoms with van der Waals surface area (Å²) in [6.07, 6.45) is 4.16. The molecule has 1 aliphatic heterocycles. The molecule has 0 unspecified atom stereocenters. The highest BCUT2D eigenvalue weighted by atomic mass is 16.5.